The highest BCUT2D eigenvalue weighted by Crippen LogP contribution is 2.06. The number of ether oxygens (including phenoxy) is 1. The molecule has 0 aliphatic heterocycles. The summed E-state index contributed by atoms with van der Waals surface area (Å²) in [7, 11) is 1.47. The zero-order valence-electron chi connectivity index (χ0n) is 8.05. The van der Waals surface area contributed by atoms with Crippen LogP contribution in [0, 0.1) is 0 Å². The lowest BCUT2D eigenvalue weighted by atomic mass is 10.1. The average Bonchev–Trinajstić information content (AvgIpc) is 2.00. The van der Waals surface area contributed by atoms with Gasteiger partial charge in [-0.25, -0.2) is 0 Å². The number of nitrogens with one attached hydrogen (secondary N) is 1. The first kappa shape index (κ1) is 11.4. The Labute approximate surface area is 72.9 Å². The van der Waals surface area contributed by atoms with Crippen molar-refractivity contribution in [2.75, 3.05) is 13.7 Å². The normalized spacial score (nSPS) is 14.1. The van der Waals surface area contributed by atoms with E-state index in [9.17, 15) is 4.79 Å². The maximum Gasteiger partial charge on any atom is 0.251 e. The third-order valence-corrected chi connectivity index (χ3v) is 1.62. The Morgan fingerprint density at radius 1 is 1.67 bits per heavy atom. The summed E-state index contributed by atoms with van der Waals surface area (Å²) in [6.07, 6.45) is -0.526. The predicted molar refractivity (Wildman–Crippen MR) is 45.8 cm³/mol. The van der Waals surface area contributed by atoms with E-state index in [0.29, 0.717) is 0 Å². The molecule has 2 N–H and O–H groups in total. The number of hydrogen-bond donors (Lipinski definition) is 2. The van der Waals surface area contributed by atoms with E-state index in [1.807, 2.05) is 0 Å². The van der Waals surface area contributed by atoms with Crippen molar-refractivity contribution < 1.29 is 14.6 Å². The van der Waals surface area contributed by atoms with E-state index in [-0.39, 0.29) is 12.5 Å². The highest BCUT2D eigenvalue weighted by Gasteiger charge is 2.26. The lowest BCUT2D eigenvalue weighted by molar-refractivity contribution is -0.139. The number of methoxy groups -OCH3 is 1. The number of rotatable bonds is 4. The maximum absolute atomic E-state index is 11.3. The quantitative estimate of drug-likeness (QED) is 0.627. The summed E-state index contributed by atoms with van der Waals surface area (Å²) in [4.78, 5) is 11.3. The van der Waals surface area contributed by atoms with Crippen LogP contribution in [0.1, 0.15) is 20.8 Å². The zero-order valence-corrected chi connectivity index (χ0v) is 8.05. The minimum absolute atomic E-state index is 0.217. The molecule has 0 rings (SSSR count). The Morgan fingerprint density at radius 3 is 2.50 bits per heavy atom. The number of hydrogen-bond acceptors (Lipinski definition) is 3. The van der Waals surface area contributed by atoms with Gasteiger partial charge in [-0.05, 0) is 20.8 Å². The summed E-state index contributed by atoms with van der Waals surface area (Å²) in [6.45, 7) is 5.21. The summed E-state index contributed by atoms with van der Waals surface area (Å²) in [6, 6.07) is 0. The first-order valence-electron chi connectivity index (χ1n) is 3.91. The molecule has 0 aromatic rings. The van der Waals surface area contributed by atoms with Gasteiger partial charge in [0.1, 0.15) is 5.60 Å². The van der Waals surface area contributed by atoms with Crippen LogP contribution in [0.3, 0.4) is 0 Å². The maximum atomic E-state index is 11.3. The van der Waals surface area contributed by atoms with E-state index in [1.165, 1.54) is 7.11 Å². The second kappa shape index (κ2) is 4.42. The monoisotopic (exact) mass is 175 g/mol. The molecule has 0 radical (unpaired) electrons. The fourth-order valence-electron chi connectivity index (χ4n) is 0.546. The molecule has 1 atom stereocenters. The molecular weight excluding hydrogens is 158 g/mol. The molecule has 0 aromatic heterocycles. The topological polar surface area (TPSA) is 58.6 Å². The van der Waals surface area contributed by atoms with Crippen LogP contribution >= 0.6 is 0 Å². The van der Waals surface area contributed by atoms with Crippen LogP contribution in [0.2, 0.25) is 0 Å². The molecular formula is C8H17NO3. The zero-order chi connectivity index (χ0) is 9.78. The third kappa shape index (κ3) is 3.69. The second-order valence-electron chi connectivity index (χ2n) is 3.27. The molecule has 0 fully saturated rings. The van der Waals surface area contributed by atoms with E-state index in [0.717, 1.165) is 0 Å². The molecule has 1 amide bonds. The largest absolute Gasteiger partial charge is 0.392 e. The molecule has 0 heterocycles. The van der Waals surface area contributed by atoms with Crippen molar-refractivity contribution in [3.05, 3.63) is 0 Å². The van der Waals surface area contributed by atoms with Crippen molar-refractivity contribution >= 4 is 5.91 Å². The first-order chi connectivity index (χ1) is 5.40. The Kier molecular flexibility index (Phi) is 4.20. The standard InChI is InChI=1S/C8H17NO3/c1-6(10)5-9-7(11)8(2,3)12-4/h6,10H,5H2,1-4H3,(H,9,11)/t6-/m1/s1. The number of amides is 1. The van der Waals surface area contributed by atoms with Crippen LogP contribution in [0.15, 0.2) is 0 Å². The van der Waals surface area contributed by atoms with Crippen LogP contribution in [0.5, 0.6) is 0 Å². The van der Waals surface area contributed by atoms with E-state index < -0.39 is 11.7 Å². The Bertz CT molecular complexity index is 154. The van der Waals surface area contributed by atoms with Crippen LogP contribution in [-0.4, -0.2) is 36.4 Å². The van der Waals surface area contributed by atoms with Gasteiger partial charge >= 0.3 is 0 Å². The van der Waals surface area contributed by atoms with Crippen molar-refractivity contribution in [3.8, 4) is 0 Å². The number of carbonyl (C=O) groups excluding carboxylic acids is 1. The highest BCUT2D eigenvalue weighted by atomic mass is 16.5. The van der Waals surface area contributed by atoms with E-state index in [2.05, 4.69) is 5.32 Å². The van der Waals surface area contributed by atoms with Crippen molar-refractivity contribution in [2.24, 2.45) is 0 Å². The van der Waals surface area contributed by atoms with Gasteiger partial charge in [0, 0.05) is 13.7 Å². The summed E-state index contributed by atoms with van der Waals surface area (Å²) in [5.41, 5.74) is -0.825. The van der Waals surface area contributed by atoms with Crippen LogP contribution in [-0.2, 0) is 9.53 Å². The van der Waals surface area contributed by atoms with Gasteiger partial charge in [0.25, 0.3) is 5.91 Å². The fraction of sp³-hybridized carbons (Fsp3) is 0.875. The molecule has 12 heavy (non-hydrogen) atoms. The minimum Gasteiger partial charge on any atom is -0.392 e. The van der Waals surface area contributed by atoms with Crippen molar-refractivity contribution in [3.63, 3.8) is 0 Å². The van der Waals surface area contributed by atoms with Gasteiger partial charge in [0.2, 0.25) is 0 Å². The van der Waals surface area contributed by atoms with Gasteiger partial charge in [-0.2, -0.15) is 0 Å². The molecule has 4 heteroatoms. The van der Waals surface area contributed by atoms with Crippen LogP contribution in [0.4, 0.5) is 0 Å². The summed E-state index contributed by atoms with van der Waals surface area (Å²) in [5, 5.41) is 11.4. The van der Waals surface area contributed by atoms with Crippen LogP contribution in [0.25, 0.3) is 0 Å². The van der Waals surface area contributed by atoms with Gasteiger partial charge in [-0.1, -0.05) is 0 Å². The minimum atomic E-state index is -0.825. The molecule has 0 saturated heterocycles. The van der Waals surface area contributed by atoms with Gasteiger partial charge in [-0.3, -0.25) is 4.79 Å². The lowest BCUT2D eigenvalue weighted by Gasteiger charge is -2.21. The Hall–Kier alpha value is -0.610. The fourth-order valence-corrected chi connectivity index (χ4v) is 0.546. The van der Waals surface area contributed by atoms with Crippen molar-refractivity contribution in [2.45, 2.75) is 32.5 Å². The summed E-state index contributed by atoms with van der Waals surface area (Å²) in [5.74, 6) is -0.217. The Balaban J connectivity index is 3.88. The Morgan fingerprint density at radius 2 is 2.17 bits per heavy atom. The van der Waals surface area contributed by atoms with Gasteiger partial charge in [0.05, 0.1) is 6.10 Å². The smallest absolute Gasteiger partial charge is 0.251 e. The second-order valence-corrected chi connectivity index (χ2v) is 3.27. The predicted octanol–water partition coefficient (Wildman–Crippen LogP) is -0.0916. The van der Waals surface area contributed by atoms with Gasteiger partial charge in [-0.15, -0.1) is 0 Å². The van der Waals surface area contributed by atoms with Crippen LogP contribution < -0.4 is 5.32 Å². The van der Waals surface area contributed by atoms with E-state index >= 15 is 0 Å². The number of aliphatic hydroxyl groups excluding tert-OH is 1. The molecule has 0 aliphatic carbocycles. The number of aliphatic hydroxyl groups is 1. The molecule has 0 saturated carbocycles. The summed E-state index contributed by atoms with van der Waals surface area (Å²) >= 11 is 0. The van der Waals surface area contributed by atoms with E-state index in [4.69, 9.17) is 9.84 Å². The van der Waals surface area contributed by atoms with Crippen molar-refractivity contribution in [1.29, 1.82) is 0 Å². The van der Waals surface area contributed by atoms with E-state index in [1.54, 1.807) is 20.8 Å². The lowest BCUT2D eigenvalue weighted by Crippen LogP contribution is -2.45. The molecule has 0 aromatic carbocycles. The SMILES string of the molecule is COC(C)(C)C(=O)NC[C@@H](C)O. The molecule has 72 valence electrons. The molecule has 0 aliphatic rings. The molecule has 0 bridgehead atoms. The van der Waals surface area contributed by atoms with Gasteiger partial charge < -0.3 is 15.2 Å². The average molecular weight is 175 g/mol. The molecule has 4 nitrogen and oxygen atoms in total. The van der Waals surface area contributed by atoms with Crippen molar-refractivity contribution in [1.82, 2.24) is 5.32 Å². The number of carbonyl (C=O) groups is 1. The first-order valence-corrected chi connectivity index (χ1v) is 3.91. The third-order valence-electron chi connectivity index (χ3n) is 1.62. The highest BCUT2D eigenvalue weighted by molar-refractivity contribution is 5.84. The molecule has 0 unspecified atom stereocenters. The molecule has 0 spiro atoms. The van der Waals surface area contributed by atoms with Gasteiger partial charge in [0.15, 0.2) is 0 Å². The summed E-state index contributed by atoms with van der Waals surface area (Å²) < 4.78 is 4.94.